The van der Waals surface area contributed by atoms with Crippen LogP contribution in [0.1, 0.15) is 41.6 Å². The predicted octanol–water partition coefficient (Wildman–Crippen LogP) is 3.65. The number of rotatable bonds is 5. The highest BCUT2D eigenvalue weighted by Crippen LogP contribution is 2.24. The molecular formula is C24H31N3O4S. The summed E-state index contributed by atoms with van der Waals surface area (Å²) in [7, 11) is -3.66. The van der Waals surface area contributed by atoms with E-state index in [-0.39, 0.29) is 10.8 Å². The number of sulfonamides is 1. The van der Waals surface area contributed by atoms with Crippen molar-refractivity contribution in [2.45, 2.75) is 37.5 Å². The Morgan fingerprint density at radius 3 is 2.22 bits per heavy atom. The van der Waals surface area contributed by atoms with E-state index in [4.69, 9.17) is 4.74 Å². The lowest BCUT2D eigenvalue weighted by Gasteiger charge is -2.26. The van der Waals surface area contributed by atoms with Crippen molar-refractivity contribution in [1.29, 1.82) is 0 Å². The summed E-state index contributed by atoms with van der Waals surface area (Å²) >= 11 is 0. The zero-order chi connectivity index (χ0) is 22.6. The first kappa shape index (κ1) is 22.8. The highest BCUT2D eigenvalue weighted by atomic mass is 32.2. The van der Waals surface area contributed by atoms with Crippen molar-refractivity contribution in [1.82, 2.24) is 4.31 Å². The molecule has 2 fully saturated rings. The first-order valence-corrected chi connectivity index (χ1v) is 12.7. The average molecular weight is 458 g/mol. The summed E-state index contributed by atoms with van der Waals surface area (Å²) in [5, 5.41) is 2.91. The standard InChI is InChI=1S/C24H31N3O4S/c1-19-6-11-22(32(29,30)27-14-16-31-17-15-27)18-23(19)24(28)25-20-7-9-21(10-8-20)26-12-4-2-3-5-13-26/h6-11,18H,2-5,12-17H2,1H3,(H,25,28). The van der Waals surface area contributed by atoms with Crippen molar-refractivity contribution in [3.8, 4) is 0 Å². The molecule has 1 amide bonds. The van der Waals surface area contributed by atoms with Gasteiger partial charge in [0.15, 0.2) is 0 Å². The number of carbonyl (C=O) groups is 1. The lowest BCUT2D eigenvalue weighted by atomic mass is 10.1. The van der Waals surface area contributed by atoms with Crippen molar-refractivity contribution >= 4 is 27.3 Å². The van der Waals surface area contributed by atoms with Gasteiger partial charge in [-0.15, -0.1) is 0 Å². The monoisotopic (exact) mass is 457 g/mol. The molecule has 0 aliphatic carbocycles. The van der Waals surface area contributed by atoms with Crippen molar-refractivity contribution in [2.24, 2.45) is 0 Å². The molecule has 0 atom stereocenters. The molecule has 0 aromatic heterocycles. The molecule has 0 radical (unpaired) electrons. The lowest BCUT2D eigenvalue weighted by Crippen LogP contribution is -2.40. The third-order valence-electron chi connectivity index (χ3n) is 6.16. The fourth-order valence-electron chi connectivity index (χ4n) is 4.23. The third-order valence-corrected chi connectivity index (χ3v) is 8.05. The minimum atomic E-state index is -3.66. The number of nitrogens with zero attached hydrogens (tertiary/aromatic N) is 2. The van der Waals surface area contributed by atoms with Crippen LogP contribution >= 0.6 is 0 Å². The van der Waals surface area contributed by atoms with Gasteiger partial charge >= 0.3 is 0 Å². The van der Waals surface area contributed by atoms with Crippen molar-refractivity contribution in [2.75, 3.05) is 49.6 Å². The molecule has 7 nitrogen and oxygen atoms in total. The van der Waals surface area contributed by atoms with Crippen LogP contribution in [0.15, 0.2) is 47.4 Å². The minimum absolute atomic E-state index is 0.131. The number of morpholine rings is 1. The third kappa shape index (κ3) is 5.14. The van der Waals surface area contributed by atoms with Crippen molar-refractivity contribution in [3.05, 3.63) is 53.6 Å². The summed E-state index contributed by atoms with van der Waals surface area (Å²) < 4.78 is 32.6. The Bertz CT molecular complexity index is 1040. The van der Waals surface area contributed by atoms with Gasteiger partial charge in [0.25, 0.3) is 5.91 Å². The highest BCUT2D eigenvalue weighted by molar-refractivity contribution is 7.89. The summed E-state index contributed by atoms with van der Waals surface area (Å²) in [6.45, 7) is 5.34. The van der Waals surface area contributed by atoms with E-state index in [1.165, 1.54) is 41.7 Å². The number of anilines is 2. The SMILES string of the molecule is Cc1ccc(S(=O)(=O)N2CCOCC2)cc1C(=O)Nc1ccc(N2CCCCCC2)cc1. The molecular weight excluding hydrogens is 426 g/mol. The zero-order valence-corrected chi connectivity index (χ0v) is 19.4. The molecule has 0 spiro atoms. The van der Waals surface area contributed by atoms with E-state index in [1.54, 1.807) is 12.1 Å². The summed E-state index contributed by atoms with van der Waals surface area (Å²) in [5.74, 6) is -0.316. The topological polar surface area (TPSA) is 78.9 Å². The number of hydrogen-bond donors (Lipinski definition) is 1. The number of benzene rings is 2. The smallest absolute Gasteiger partial charge is 0.255 e. The fourth-order valence-corrected chi connectivity index (χ4v) is 5.66. The molecule has 4 rings (SSSR count). The number of nitrogens with one attached hydrogen (secondary N) is 1. The molecule has 2 aromatic rings. The van der Waals surface area contributed by atoms with Crippen LogP contribution in [0.5, 0.6) is 0 Å². The molecule has 2 aromatic carbocycles. The van der Waals surface area contributed by atoms with Crippen LogP contribution < -0.4 is 10.2 Å². The largest absolute Gasteiger partial charge is 0.379 e. The molecule has 32 heavy (non-hydrogen) atoms. The average Bonchev–Trinajstić information content (AvgIpc) is 3.10. The Morgan fingerprint density at radius 2 is 1.56 bits per heavy atom. The van der Waals surface area contributed by atoms with E-state index >= 15 is 0 Å². The number of hydrogen-bond acceptors (Lipinski definition) is 5. The van der Waals surface area contributed by atoms with Gasteiger partial charge < -0.3 is 15.0 Å². The second-order valence-corrected chi connectivity index (χ2v) is 10.3. The Balaban J connectivity index is 1.49. The Labute approximate surface area is 190 Å². The number of aryl methyl sites for hydroxylation is 1. The molecule has 0 unspecified atom stereocenters. The van der Waals surface area contributed by atoms with Crippen LogP contribution in [-0.4, -0.2) is 58.0 Å². The second kappa shape index (κ2) is 10.0. The molecule has 2 saturated heterocycles. The lowest BCUT2D eigenvalue weighted by molar-refractivity contribution is 0.0730. The maximum Gasteiger partial charge on any atom is 0.255 e. The van der Waals surface area contributed by atoms with Crippen LogP contribution in [0.2, 0.25) is 0 Å². The first-order chi connectivity index (χ1) is 15.4. The summed E-state index contributed by atoms with van der Waals surface area (Å²) in [6.07, 6.45) is 4.98. The Hall–Kier alpha value is -2.42. The second-order valence-electron chi connectivity index (χ2n) is 8.40. The number of amides is 1. The maximum absolute atomic E-state index is 13.0. The van der Waals surface area contributed by atoms with Gasteiger partial charge in [0.05, 0.1) is 18.1 Å². The molecule has 1 N–H and O–H groups in total. The van der Waals surface area contributed by atoms with E-state index in [0.717, 1.165) is 18.7 Å². The Morgan fingerprint density at radius 1 is 0.906 bits per heavy atom. The van der Waals surface area contributed by atoms with Gasteiger partial charge in [-0.3, -0.25) is 4.79 Å². The highest BCUT2D eigenvalue weighted by Gasteiger charge is 2.27. The summed E-state index contributed by atoms with van der Waals surface area (Å²) in [4.78, 5) is 15.5. The molecule has 0 bridgehead atoms. The quantitative estimate of drug-likeness (QED) is 0.742. The van der Waals surface area contributed by atoms with Crippen molar-refractivity contribution < 1.29 is 17.9 Å². The first-order valence-electron chi connectivity index (χ1n) is 11.3. The molecule has 2 aliphatic heterocycles. The van der Waals surface area contributed by atoms with E-state index in [9.17, 15) is 13.2 Å². The van der Waals surface area contributed by atoms with Gasteiger partial charge in [0.1, 0.15) is 0 Å². The van der Waals surface area contributed by atoms with Crippen LogP contribution in [0.4, 0.5) is 11.4 Å². The molecule has 2 aliphatic rings. The van der Waals surface area contributed by atoms with E-state index in [0.29, 0.717) is 37.6 Å². The zero-order valence-electron chi connectivity index (χ0n) is 18.5. The number of carbonyl (C=O) groups excluding carboxylic acids is 1. The van der Waals surface area contributed by atoms with Gasteiger partial charge in [0, 0.05) is 43.1 Å². The van der Waals surface area contributed by atoms with Gasteiger partial charge in [-0.2, -0.15) is 4.31 Å². The van der Waals surface area contributed by atoms with Crippen LogP contribution in [0.3, 0.4) is 0 Å². The Kier molecular flexibility index (Phi) is 7.13. The molecule has 8 heteroatoms. The summed E-state index contributed by atoms with van der Waals surface area (Å²) in [6, 6.07) is 12.6. The van der Waals surface area contributed by atoms with Gasteiger partial charge in [-0.25, -0.2) is 8.42 Å². The summed E-state index contributed by atoms with van der Waals surface area (Å²) in [5.41, 5.74) is 2.94. The minimum Gasteiger partial charge on any atom is -0.379 e. The van der Waals surface area contributed by atoms with Gasteiger partial charge in [-0.1, -0.05) is 18.9 Å². The van der Waals surface area contributed by atoms with E-state index in [1.807, 2.05) is 31.2 Å². The maximum atomic E-state index is 13.0. The molecule has 0 saturated carbocycles. The van der Waals surface area contributed by atoms with Crippen LogP contribution in [0.25, 0.3) is 0 Å². The normalized spacial score (nSPS) is 18.2. The van der Waals surface area contributed by atoms with Crippen LogP contribution in [0, 0.1) is 6.92 Å². The van der Waals surface area contributed by atoms with Crippen molar-refractivity contribution in [3.63, 3.8) is 0 Å². The van der Waals surface area contributed by atoms with E-state index < -0.39 is 10.0 Å². The van der Waals surface area contributed by atoms with Gasteiger partial charge in [-0.05, 0) is 61.7 Å². The van der Waals surface area contributed by atoms with Crippen LogP contribution in [-0.2, 0) is 14.8 Å². The fraction of sp³-hybridized carbons (Fsp3) is 0.458. The predicted molar refractivity (Wildman–Crippen MR) is 126 cm³/mol. The van der Waals surface area contributed by atoms with E-state index in [2.05, 4.69) is 10.2 Å². The molecule has 2 heterocycles. The molecule has 172 valence electrons. The van der Waals surface area contributed by atoms with Gasteiger partial charge in [0.2, 0.25) is 10.0 Å². The number of ether oxygens (including phenoxy) is 1.